The molecule has 0 spiro atoms. The molecule has 1 fully saturated rings. The van der Waals surface area contributed by atoms with Crippen molar-refractivity contribution in [2.45, 2.75) is 52.2 Å². The maximum atomic E-state index is 12.1. The van der Waals surface area contributed by atoms with E-state index in [1.165, 1.54) is 13.8 Å². The van der Waals surface area contributed by atoms with Crippen molar-refractivity contribution in [2.24, 2.45) is 5.41 Å². The Hall–Kier alpha value is -1.79. The highest BCUT2D eigenvalue weighted by Crippen LogP contribution is 2.41. The van der Waals surface area contributed by atoms with Crippen LogP contribution < -0.4 is 10.2 Å². The van der Waals surface area contributed by atoms with Gasteiger partial charge in [0.15, 0.2) is 0 Å². The van der Waals surface area contributed by atoms with Crippen molar-refractivity contribution < 1.29 is 29.3 Å². The molecule has 0 aromatic carbocycles. The van der Waals surface area contributed by atoms with Gasteiger partial charge in [-0.05, 0) is 34.1 Å². The van der Waals surface area contributed by atoms with Gasteiger partial charge in [-0.15, -0.1) is 0 Å². The molecule has 0 aromatic rings. The van der Waals surface area contributed by atoms with E-state index in [2.05, 4.69) is 0 Å². The summed E-state index contributed by atoms with van der Waals surface area (Å²) in [5, 5.41) is 22.5. The Kier molecular flexibility index (Phi) is 3.78. The first-order valence-electron chi connectivity index (χ1n) is 6.25. The zero-order valence-electron chi connectivity index (χ0n) is 12.3. The van der Waals surface area contributed by atoms with Crippen LogP contribution in [0, 0.1) is 5.41 Å². The number of carboxylic acid groups (broad SMARTS) is 2. The van der Waals surface area contributed by atoms with Crippen molar-refractivity contribution in [2.75, 3.05) is 6.54 Å². The number of aliphatic carboxylic acids is 2. The quantitative estimate of drug-likeness (QED) is 0.636. The molecule has 0 aliphatic carbocycles. The molecule has 114 valence electrons. The molecule has 0 unspecified atom stereocenters. The van der Waals surface area contributed by atoms with Crippen LogP contribution in [0.25, 0.3) is 0 Å². The normalized spacial score (nSPS) is 30.1. The highest BCUT2D eigenvalue weighted by Gasteiger charge is 2.53. The maximum absolute atomic E-state index is 12.1. The van der Waals surface area contributed by atoms with Gasteiger partial charge in [-0.25, -0.2) is 4.79 Å². The topological polar surface area (TPSA) is 110 Å². The van der Waals surface area contributed by atoms with Gasteiger partial charge in [0.1, 0.15) is 5.60 Å². The third kappa shape index (κ3) is 2.86. The van der Waals surface area contributed by atoms with E-state index in [4.69, 9.17) is 4.74 Å². The molecular formula is C13H19NO6-2. The smallest absolute Gasteiger partial charge is 0.411 e. The van der Waals surface area contributed by atoms with Crippen molar-refractivity contribution in [3.63, 3.8) is 0 Å². The van der Waals surface area contributed by atoms with Gasteiger partial charge in [-0.2, -0.15) is 0 Å². The van der Waals surface area contributed by atoms with Crippen LogP contribution in [-0.4, -0.2) is 40.6 Å². The molecule has 1 aliphatic rings. The first-order chi connectivity index (χ1) is 8.82. The van der Waals surface area contributed by atoms with E-state index in [9.17, 15) is 24.6 Å². The third-order valence-corrected chi connectivity index (χ3v) is 3.38. The molecule has 0 aromatic heterocycles. The van der Waals surface area contributed by atoms with Gasteiger partial charge in [0.05, 0.1) is 11.5 Å². The summed E-state index contributed by atoms with van der Waals surface area (Å²) in [7, 11) is 0. The van der Waals surface area contributed by atoms with Crippen molar-refractivity contribution in [3.8, 4) is 0 Å². The Morgan fingerprint density at radius 1 is 1.10 bits per heavy atom. The molecule has 7 heteroatoms. The van der Waals surface area contributed by atoms with Crippen LogP contribution >= 0.6 is 0 Å². The second-order valence-electron chi connectivity index (χ2n) is 6.65. The Bertz CT molecular complexity index is 454. The molecule has 0 N–H and O–H groups in total. The van der Waals surface area contributed by atoms with Gasteiger partial charge in [0.2, 0.25) is 0 Å². The Labute approximate surface area is 117 Å². The summed E-state index contributed by atoms with van der Waals surface area (Å²) in [6.45, 7) is 7.20. The zero-order valence-corrected chi connectivity index (χ0v) is 12.3. The lowest BCUT2D eigenvalue weighted by Gasteiger charge is -2.36. The molecule has 1 heterocycles. The number of rotatable bonds is 2. The molecule has 1 aliphatic heterocycles. The summed E-state index contributed by atoms with van der Waals surface area (Å²) in [6.07, 6.45) is -1.17. The van der Waals surface area contributed by atoms with Gasteiger partial charge in [0.25, 0.3) is 0 Å². The lowest BCUT2D eigenvalue weighted by molar-refractivity contribution is -0.319. The Balaban J connectivity index is 3.12. The molecule has 0 saturated carbocycles. The highest BCUT2D eigenvalue weighted by molar-refractivity contribution is 5.87. The lowest BCUT2D eigenvalue weighted by atomic mass is 9.83. The molecule has 2 atom stereocenters. The lowest BCUT2D eigenvalue weighted by Crippen LogP contribution is -2.57. The number of carbonyl (C=O) groups excluding carboxylic acids is 3. The Morgan fingerprint density at radius 2 is 1.60 bits per heavy atom. The van der Waals surface area contributed by atoms with Crippen molar-refractivity contribution in [1.82, 2.24) is 4.90 Å². The van der Waals surface area contributed by atoms with Crippen molar-refractivity contribution in [3.05, 3.63) is 0 Å². The summed E-state index contributed by atoms with van der Waals surface area (Å²) in [6, 6.07) is 0. The second kappa shape index (κ2) is 4.64. The maximum Gasteiger partial charge on any atom is 0.411 e. The fourth-order valence-corrected chi connectivity index (χ4v) is 2.34. The van der Waals surface area contributed by atoms with E-state index in [0.717, 1.165) is 4.90 Å². The predicted octanol–water partition coefficient (Wildman–Crippen LogP) is -1.11. The number of carbonyl (C=O) groups is 3. The minimum Gasteiger partial charge on any atom is -0.549 e. The first kappa shape index (κ1) is 16.3. The molecule has 0 radical (unpaired) electrons. The molecule has 20 heavy (non-hydrogen) atoms. The molecule has 1 rings (SSSR count). The van der Waals surface area contributed by atoms with Crippen molar-refractivity contribution >= 4 is 18.0 Å². The van der Waals surface area contributed by atoms with Gasteiger partial charge < -0.3 is 24.5 Å². The average molecular weight is 285 g/mol. The van der Waals surface area contributed by atoms with Gasteiger partial charge in [0, 0.05) is 17.9 Å². The molecule has 1 saturated heterocycles. The van der Waals surface area contributed by atoms with Crippen LogP contribution in [0.1, 0.15) is 41.0 Å². The summed E-state index contributed by atoms with van der Waals surface area (Å²) in [4.78, 5) is 35.5. The van der Waals surface area contributed by atoms with E-state index in [1.54, 1.807) is 20.8 Å². The largest absolute Gasteiger partial charge is 0.549 e. The van der Waals surface area contributed by atoms with Gasteiger partial charge >= 0.3 is 6.09 Å². The second-order valence-corrected chi connectivity index (χ2v) is 6.65. The number of ether oxygens (including phenoxy) is 1. The van der Waals surface area contributed by atoms with E-state index in [1.807, 2.05) is 0 Å². The van der Waals surface area contributed by atoms with Crippen LogP contribution in [-0.2, 0) is 14.3 Å². The van der Waals surface area contributed by atoms with Crippen LogP contribution in [0.5, 0.6) is 0 Å². The van der Waals surface area contributed by atoms with E-state index >= 15 is 0 Å². The van der Waals surface area contributed by atoms with E-state index in [0.29, 0.717) is 0 Å². The molecule has 0 bridgehead atoms. The van der Waals surface area contributed by atoms with Crippen LogP contribution in [0.15, 0.2) is 0 Å². The molecular weight excluding hydrogens is 266 g/mol. The number of likely N-dealkylation sites (tertiary alicyclic amines) is 1. The predicted molar refractivity (Wildman–Crippen MR) is 64.1 cm³/mol. The number of carboxylic acids is 2. The number of hydrogen-bond acceptors (Lipinski definition) is 6. The standard InChI is InChI=1S/C13H21NO6/c1-11(2,3)20-10(19)14-7-12(4,8(15)16)6-13(14,5)9(17)18/h6-7H2,1-5H3,(H,15,16)(H,17,18)/p-2/t12-,13-/m0/s1. The highest BCUT2D eigenvalue weighted by atomic mass is 16.6. The van der Waals surface area contributed by atoms with Crippen LogP contribution in [0.2, 0.25) is 0 Å². The number of nitrogens with zero attached hydrogens (tertiary/aromatic N) is 1. The molecule has 1 amide bonds. The fraction of sp³-hybridized carbons (Fsp3) is 0.769. The summed E-state index contributed by atoms with van der Waals surface area (Å²) >= 11 is 0. The number of amides is 1. The van der Waals surface area contributed by atoms with Gasteiger partial charge in [-0.3, -0.25) is 4.90 Å². The van der Waals surface area contributed by atoms with E-state index < -0.39 is 34.6 Å². The van der Waals surface area contributed by atoms with Crippen molar-refractivity contribution in [1.29, 1.82) is 0 Å². The fourth-order valence-electron chi connectivity index (χ4n) is 2.34. The average Bonchev–Trinajstić information content (AvgIpc) is 2.51. The number of hydrogen-bond donors (Lipinski definition) is 0. The minimum atomic E-state index is -1.74. The summed E-state index contributed by atoms with van der Waals surface area (Å²) < 4.78 is 5.12. The monoisotopic (exact) mass is 285 g/mol. The van der Waals surface area contributed by atoms with Gasteiger partial charge in [-0.1, -0.05) is 6.92 Å². The minimum absolute atomic E-state index is 0.288. The first-order valence-corrected chi connectivity index (χ1v) is 6.25. The third-order valence-electron chi connectivity index (χ3n) is 3.38. The van der Waals surface area contributed by atoms with Crippen LogP contribution in [0.3, 0.4) is 0 Å². The summed E-state index contributed by atoms with van der Waals surface area (Å²) in [5.41, 5.74) is -4.01. The van der Waals surface area contributed by atoms with E-state index in [-0.39, 0.29) is 13.0 Å². The zero-order chi connectivity index (χ0) is 15.9. The van der Waals surface area contributed by atoms with Crippen LogP contribution in [0.4, 0.5) is 4.79 Å². The Morgan fingerprint density at radius 3 is 1.95 bits per heavy atom. The molecule has 7 nitrogen and oxygen atoms in total. The SMILES string of the molecule is CC(C)(C)OC(=O)N1C[C@@](C)(C(=O)[O-])C[C@@]1(C)C(=O)[O-]. The summed E-state index contributed by atoms with van der Waals surface area (Å²) in [5.74, 6) is -2.93.